The highest BCUT2D eigenvalue weighted by atomic mass is 32.2. The maximum Gasteiger partial charge on any atom is 0.0371 e. The molecule has 78 valence electrons. The number of pyridine rings is 1. The molecule has 2 atom stereocenters. The molecule has 1 aromatic heterocycles. The minimum absolute atomic E-state index is 0.254. The molecular weight excluding hydrogens is 196 g/mol. The molecule has 0 aliphatic carbocycles. The molecule has 0 radical (unpaired) electrons. The van der Waals surface area contributed by atoms with Crippen LogP contribution in [0.3, 0.4) is 0 Å². The van der Waals surface area contributed by atoms with E-state index in [4.69, 9.17) is 0 Å². The summed E-state index contributed by atoms with van der Waals surface area (Å²) in [7, 11) is -0.721. The minimum Gasteiger partial charge on any atom is -0.385 e. The Morgan fingerprint density at radius 1 is 1.50 bits per heavy atom. The lowest BCUT2D eigenvalue weighted by Gasteiger charge is -2.09. The molecule has 0 aliphatic rings. The van der Waals surface area contributed by atoms with E-state index < -0.39 is 10.8 Å². The smallest absolute Gasteiger partial charge is 0.0371 e. The van der Waals surface area contributed by atoms with Crippen molar-refractivity contribution in [2.24, 2.45) is 0 Å². The van der Waals surface area contributed by atoms with Crippen molar-refractivity contribution in [3.63, 3.8) is 0 Å². The summed E-state index contributed by atoms with van der Waals surface area (Å²) in [4.78, 5) is 3.93. The molecule has 0 spiro atoms. The summed E-state index contributed by atoms with van der Waals surface area (Å²) in [5, 5.41) is 3.51. The van der Waals surface area contributed by atoms with Gasteiger partial charge >= 0.3 is 0 Å². The van der Waals surface area contributed by atoms with Crippen LogP contribution in [0.5, 0.6) is 0 Å². The van der Waals surface area contributed by atoms with E-state index >= 15 is 0 Å². The average molecular weight is 212 g/mol. The number of hydrogen-bond donors (Lipinski definition) is 1. The Labute approximate surface area is 87.4 Å². The standard InChI is InChI=1S/C10H16N2OS/c1-9(14(2)13)3-8-12-10-4-6-11-7-5-10/h4-7,9H,3,8H2,1-2H3,(H,11,12). The predicted molar refractivity (Wildman–Crippen MR) is 60.9 cm³/mol. The largest absolute Gasteiger partial charge is 0.385 e. The fourth-order valence-corrected chi connectivity index (χ4v) is 1.51. The molecule has 1 aromatic rings. The van der Waals surface area contributed by atoms with Gasteiger partial charge in [-0.25, -0.2) is 0 Å². The third-order valence-corrected chi connectivity index (χ3v) is 3.50. The molecule has 2 unspecified atom stereocenters. The Morgan fingerprint density at radius 3 is 2.71 bits per heavy atom. The number of nitrogens with one attached hydrogen (secondary N) is 1. The van der Waals surface area contributed by atoms with E-state index in [0.29, 0.717) is 0 Å². The summed E-state index contributed by atoms with van der Waals surface area (Å²) in [5.74, 6) is 0. The lowest BCUT2D eigenvalue weighted by molar-refractivity contribution is 0.672. The SMILES string of the molecule is CC(CCNc1ccncc1)S(C)=O. The van der Waals surface area contributed by atoms with Crippen LogP contribution in [-0.2, 0) is 10.8 Å². The summed E-state index contributed by atoms with van der Waals surface area (Å²) in [6.45, 7) is 2.86. The summed E-state index contributed by atoms with van der Waals surface area (Å²) in [6, 6.07) is 3.85. The Kier molecular flexibility index (Phi) is 4.59. The number of hydrogen-bond acceptors (Lipinski definition) is 3. The van der Waals surface area contributed by atoms with E-state index in [1.54, 1.807) is 18.6 Å². The zero-order valence-corrected chi connectivity index (χ0v) is 9.38. The molecule has 1 heterocycles. The van der Waals surface area contributed by atoms with Crippen molar-refractivity contribution in [2.45, 2.75) is 18.6 Å². The molecule has 0 saturated heterocycles. The second kappa shape index (κ2) is 5.75. The lowest BCUT2D eigenvalue weighted by atomic mass is 10.3. The van der Waals surface area contributed by atoms with Crippen LogP contribution in [0.4, 0.5) is 5.69 Å². The van der Waals surface area contributed by atoms with Crippen molar-refractivity contribution < 1.29 is 4.21 Å². The van der Waals surface area contributed by atoms with Gasteiger partial charge in [-0.2, -0.15) is 0 Å². The number of anilines is 1. The first-order valence-electron chi connectivity index (χ1n) is 4.66. The Morgan fingerprint density at radius 2 is 2.14 bits per heavy atom. The van der Waals surface area contributed by atoms with Gasteiger partial charge in [-0.15, -0.1) is 0 Å². The number of rotatable bonds is 5. The lowest BCUT2D eigenvalue weighted by Crippen LogP contribution is -2.14. The fourth-order valence-electron chi connectivity index (χ4n) is 1.06. The van der Waals surface area contributed by atoms with Gasteiger partial charge < -0.3 is 5.32 Å². The van der Waals surface area contributed by atoms with Gasteiger partial charge in [0.05, 0.1) is 0 Å². The zero-order valence-electron chi connectivity index (χ0n) is 8.56. The van der Waals surface area contributed by atoms with Crippen LogP contribution in [-0.4, -0.2) is 27.2 Å². The van der Waals surface area contributed by atoms with Gasteiger partial charge in [0.25, 0.3) is 0 Å². The van der Waals surface area contributed by atoms with Crippen molar-refractivity contribution in [3.8, 4) is 0 Å². The van der Waals surface area contributed by atoms with Crippen molar-refractivity contribution in [2.75, 3.05) is 18.1 Å². The van der Waals surface area contributed by atoms with E-state index in [1.165, 1.54) is 0 Å². The average Bonchev–Trinajstić information content (AvgIpc) is 2.19. The third-order valence-electron chi connectivity index (χ3n) is 2.13. The number of aromatic nitrogens is 1. The van der Waals surface area contributed by atoms with Crippen LogP contribution in [0.2, 0.25) is 0 Å². The molecule has 1 rings (SSSR count). The molecule has 3 nitrogen and oxygen atoms in total. The molecule has 14 heavy (non-hydrogen) atoms. The van der Waals surface area contributed by atoms with Gasteiger partial charge in [0.2, 0.25) is 0 Å². The molecule has 0 bridgehead atoms. The van der Waals surface area contributed by atoms with Crippen LogP contribution in [0.1, 0.15) is 13.3 Å². The highest BCUT2D eigenvalue weighted by molar-refractivity contribution is 7.84. The predicted octanol–water partition coefficient (Wildman–Crippen LogP) is 1.65. The second-order valence-corrected chi connectivity index (χ2v) is 5.06. The Bertz CT molecular complexity index is 289. The first-order valence-corrected chi connectivity index (χ1v) is 6.28. The first kappa shape index (κ1) is 11.2. The monoisotopic (exact) mass is 212 g/mol. The van der Waals surface area contributed by atoms with Gasteiger partial charge in [-0.1, -0.05) is 6.92 Å². The molecule has 0 saturated carbocycles. The van der Waals surface area contributed by atoms with Gasteiger partial charge in [0.15, 0.2) is 0 Å². The van der Waals surface area contributed by atoms with Gasteiger partial charge in [0.1, 0.15) is 0 Å². The summed E-state index contributed by atoms with van der Waals surface area (Å²) in [6.07, 6.45) is 6.18. The normalized spacial score (nSPS) is 14.7. The maximum absolute atomic E-state index is 11.1. The first-order chi connectivity index (χ1) is 6.70. The highest BCUT2D eigenvalue weighted by Gasteiger charge is 2.04. The summed E-state index contributed by atoms with van der Waals surface area (Å²) < 4.78 is 11.1. The van der Waals surface area contributed by atoms with Crippen LogP contribution in [0, 0.1) is 0 Å². The molecule has 0 amide bonds. The second-order valence-electron chi connectivity index (χ2n) is 3.26. The van der Waals surface area contributed by atoms with E-state index in [0.717, 1.165) is 18.7 Å². The Hall–Kier alpha value is -0.900. The van der Waals surface area contributed by atoms with Crippen molar-refractivity contribution in [3.05, 3.63) is 24.5 Å². The van der Waals surface area contributed by atoms with E-state index in [9.17, 15) is 4.21 Å². The van der Waals surface area contributed by atoms with Gasteiger partial charge in [-0.3, -0.25) is 9.19 Å². The van der Waals surface area contributed by atoms with Crippen LogP contribution in [0.25, 0.3) is 0 Å². The molecule has 4 heteroatoms. The van der Waals surface area contributed by atoms with Gasteiger partial charge in [0, 0.05) is 46.9 Å². The number of nitrogens with zero attached hydrogens (tertiary/aromatic N) is 1. The van der Waals surface area contributed by atoms with Crippen molar-refractivity contribution in [1.29, 1.82) is 0 Å². The van der Waals surface area contributed by atoms with E-state index in [-0.39, 0.29) is 5.25 Å². The minimum atomic E-state index is -0.721. The van der Waals surface area contributed by atoms with E-state index in [1.807, 2.05) is 19.1 Å². The van der Waals surface area contributed by atoms with Crippen LogP contribution < -0.4 is 5.32 Å². The fraction of sp³-hybridized carbons (Fsp3) is 0.500. The third kappa shape index (κ3) is 3.87. The maximum atomic E-state index is 11.1. The van der Waals surface area contributed by atoms with Crippen LogP contribution >= 0.6 is 0 Å². The molecular formula is C10H16N2OS. The molecule has 1 N–H and O–H groups in total. The zero-order chi connectivity index (χ0) is 10.4. The van der Waals surface area contributed by atoms with Crippen LogP contribution in [0.15, 0.2) is 24.5 Å². The van der Waals surface area contributed by atoms with E-state index in [2.05, 4.69) is 10.3 Å². The molecule has 0 aromatic carbocycles. The quantitative estimate of drug-likeness (QED) is 0.807. The van der Waals surface area contributed by atoms with Crippen molar-refractivity contribution >= 4 is 16.5 Å². The summed E-state index contributed by atoms with van der Waals surface area (Å²) in [5.41, 5.74) is 1.06. The topological polar surface area (TPSA) is 42.0 Å². The summed E-state index contributed by atoms with van der Waals surface area (Å²) >= 11 is 0. The molecule has 0 aliphatic heterocycles. The Balaban J connectivity index is 2.26. The highest BCUT2D eigenvalue weighted by Crippen LogP contribution is 2.05. The van der Waals surface area contributed by atoms with Gasteiger partial charge in [-0.05, 0) is 18.6 Å². The molecule has 0 fully saturated rings. The van der Waals surface area contributed by atoms with Crippen molar-refractivity contribution in [1.82, 2.24) is 4.98 Å².